The number of halogens is 1. The summed E-state index contributed by atoms with van der Waals surface area (Å²) in [6.45, 7) is 1.81. The Bertz CT molecular complexity index is 1080. The minimum absolute atomic E-state index is 0.0382. The highest BCUT2D eigenvalue weighted by molar-refractivity contribution is 6.07. The van der Waals surface area contributed by atoms with E-state index >= 15 is 0 Å². The lowest BCUT2D eigenvalue weighted by Crippen LogP contribution is -2.55. The molecule has 2 atom stereocenters. The highest BCUT2D eigenvalue weighted by Crippen LogP contribution is 2.41. The fraction of sp³-hybridized carbons (Fsp3) is 0.462. The van der Waals surface area contributed by atoms with Gasteiger partial charge in [0.05, 0.1) is 24.8 Å². The number of imide groups is 1. The van der Waals surface area contributed by atoms with Gasteiger partial charge in [-0.3, -0.25) is 19.5 Å². The molecule has 0 bridgehead atoms. The smallest absolute Gasteiger partial charge is 0.325 e. The number of urea groups is 1. The first-order valence-electron chi connectivity index (χ1n) is 12.2. The van der Waals surface area contributed by atoms with Crippen molar-refractivity contribution < 1.29 is 23.5 Å². The van der Waals surface area contributed by atoms with Crippen molar-refractivity contribution in [3.63, 3.8) is 0 Å². The molecule has 35 heavy (non-hydrogen) atoms. The van der Waals surface area contributed by atoms with Crippen molar-refractivity contribution in [2.45, 2.75) is 43.7 Å². The first-order chi connectivity index (χ1) is 17.0. The Morgan fingerprint density at radius 3 is 2.54 bits per heavy atom. The van der Waals surface area contributed by atoms with E-state index in [1.165, 1.54) is 17.0 Å². The van der Waals surface area contributed by atoms with Crippen LogP contribution in [0.5, 0.6) is 0 Å². The van der Waals surface area contributed by atoms with Gasteiger partial charge < -0.3 is 15.0 Å². The van der Waals surface area contributed by atoms with Gasteiger partial charge in [0.1, 0.15) is 5.82 Å². The van der Waals surface area contributed by atoms with Crippen molar-refractivity contribution in [1.29, 1.82) is 0 Å². The quantitative estimate of drug-likeness (QED) is 0.642. The van der Waals surface area contributed by atoms with Gasteiger partial charge in [-0.2, -0.15) is 0 Å². The van der Waals surface area contributed by atoms with Crippen LogP contribution in [0.25, 0.3) is 0 Å². The molecule has 3 aliphatic heterocycles. The second-order valence-electron chi connectivity index (χ2n) is 9.46. The average molecular weight is 481 g/mol. The first kappa shape index (κ1) is 23.4. The van der Waals surface area contributed by atoms with Crippen LogP contribution in [0.1, 0.15) is 36.9 Å². The number of benzene rings is 1. The largest absolute Gasteiger partial charge is 0.376 e. The number of rotatable bonds is 6. The predicted octanol–water partition coefficient (Wildman–Crippen LogP) is 2.63. The second-order valence-corrected chi connectivity index (χ2v) is 9.46. The van der Waals surface area contributed by atoms with Gasteiger partial charge in [0.2, 0.25) is 5.91 Å². The SMILES string of the molecule is O=C(Cc1ccc(F)cc1)N1CCC([C@]2(c3ccccn3)NC(=O)N(C[C@@H]3CCCO3)C2=O)CC1. The van der Waals surface area contributed by atoms with E-state index in [0.29, 0.717) is 38.2 Å². The molecule has 8 nitrogen and oxygen atoms in total. The van der Waals surface area contributed by atoms with Gasteiger partial charge >= 0.3 is 6.03 Å². The molecular weight excluding hydrogens is 451 g/mol. The number of hydrogen-bond donors (Lipinski definition) is 1. The summed E-state index contributed by atoms with van der Waals surface area (Å²) in [5.41, 5.74) is 0.0130. The van der Waals surface area contributed by atoms with Crippen molar-refractivity contribution in [2.75, 3.05) is 26.2 Å². The van der Waals surface area contributed by atoms with Crippen molar-refractivity contribution in [2.24, 2.45) is 5.92 Å². The molecule has 0 radical (unpaired) electrons. The molecule has 4 amide bonds. The Labute approximate surface area is 203 Å². The Kier molecular flexibility index (Phi) is 6.51. The Morgan fingerprint density at radius 2 is 1.89 bits per heavy atom. The van der Waals surface area contributed by atoms with Crippen molar-refractivity contribution in [1.82, 2.24) is 20.1 Å². The molecule has 0 saturated carbocycles. The topological polar surface area (TPSA) is 91.8 Å². The van der Waals surface area contributed by atoms with Gasteiger partial charge in [0.15, 0.2) is 5.54 Å². The van der Waals surface area contributed by atoms with Crippen molar-refractivity contribution >= 4 is 17.8 Å². The number of nitrogens with one attached hydrogen (secondary N) is 1. The van der Waals surface area contributed by atoms with Crippen LogP contribution in [0.3, 0.4) is 0 Å². The third kappa shape index (κ3) is 4.52. The maximum atomic E-state index is 13.8. The van der Waals surface area contributed by atoms with Gasteiger partial charge in [-0.15, -0.1) is 0 Å². The molecular formula is C26H29FN4O4. The monoisotopic (exact) mass is 480 g/mol. The number of likely N-dealkylation sites (tertiary alicyclic amines) is 1. The number of aromatic nitrogens is 1. The van der Waals surface area contributed by atoms with E-state index in [2.05, 4.69) is 10.3 Å². The van der Waals surface area contributed by atoms with Crippen LogP contribution < -0.4 is 5.32 Å². The Morgan fingerprint density at radius 1 is 1.11 bits per heavy atom. The van der Waals surface area contributed by atoms with Crippen LogP contribution in [0.15, 0.2) is 48.7 Å². The van der Waals surface area contributed by atoms with Crippen LogP contribution in [-0.2, 0) is 26.3 Å². The summed E-state index contributed by atoms with van der Waals surface area (Å²) in [6, 6.07) is 10.9. The molecule has 0 aliphatic carbocycles. The number of ether oxygens (including phenoxy) is 1. The molecule has 1 aromatic carbocycles. The molecule has 3 saturated heterocycles. The standard InChI is InChI=1S/C26H29FN4O4/c27-20-8-6-18(7-9-20)16-23(32)30-13-10-19(11-14-30)26(22-5-1-2-12-28-22)24(33)31(25(34)29-26)17-21-4-3-15-35-21/h1-2,5-9,12,19,21H,3-4,10-11,13-17H2,(H,29,34)/t21-,26+/m0/s1. The van der Waals surface area contributed by atoms with E-state index in [0.717, 1.165) is 18.4 Å². The molecule has 1 aromatic heterocycles. The summed E-state index contributed by atoms with van der Waals surface area (Å²) in [6.07, 6.45) is 4.51. The predicted molar refractivity (Wildman–Crippen MR) is 125 cm³/mol. The average Bonchev–Trinajstić information content (AvgIpc) is 3.49. The van der Waals surface area contributed by atoms with E-state index in [1.54, 1.807) is 35.4 Å². The lowest BCUT2D eigenvalue weighted by molar-refractivity contribution is -0.137. The lowest BCUT2D eigenvalue weighted by atomic mass is 9.75. The molecule has 5 rings (SSSR count). The summed E-state index contributed by atoms with van der Waals surface area (Å²) in [5.74, 6) is -0.881. The number of pyridine rings is 1. The molecule has 4 heterocycles. The van der Waals surface area contributed by atoms with E-state index in [9.17, 15) is 18.8 Å². The molecule has 184 valence electrons. The van der Waals surface area contributed by atoms with Crippen LogP contribution in [0.4, 0.5) is 9.18 Å². The third-order valence-electron chi connectivity index (χ3n) is 7.34. The van der Waals surface area contributed by atoms with E-state index in [1.807, 2.05) is 6.07 Å². The summed E-state index contributed by atoms with van der Waals surface area (Å²) < 4.78 is 18.8. The maximum Gasteiger partial charge on any atom is 0.325 e. The fourth-order valence-corrected chi connectivity index (χ4v) is 5.46. The molecule has 9 heteroatoms. The highest BCUT2D eigenvalue weighted by atomic mass is 19.1. The van der Waals surface area contributed by atoms with Gasteiger partial charge in [-0.05, 0) is 55.5 Å². The zero-order valence-corrected chi connectivity index (χ0v) is 19.5. The summed E-state index contributed by atoms with van der Waals surface area (Å²) in [4.78, 5) is 47.2. The van der Waals surface area contributed by atoms with Crippen molar-refractivity contribution in [3.8, 4) is 0 Å². The van der Waals surface area contributed by atoms with Gasteiger partial charge in [0.25, 0.3) is 5.91 Å². The number of piperidine rings is 1. The number of carbonyl (C=O) groups excluding carboxylic acids is 3. The Balaban J connectivity index is 1.32. The molecule has 3 fully saturated rings. The van der Waals surface area contributed by atoms with Crippen LogP contribution in [0, 0.1) is 11.7 Å². The Hall–Kier alpha value is -3.33. The minimum Gasteiger partial charge on any atom is -0.376 e. The minimum atomic E-state index is -1.26. The zero-order chi connectivity index (χ0) is 24.4. The molecule has 1 N–H and O–H groups in total. The number of amides is 4. The summed E-state index contributed by atoms with van der Waals surface area (Å²) in [7, 11) is 0. The molecule has 0 spiro atoms. The number of nitrogens with zero attached hydrogens (tertiary/aromatic N) is 3. The van der Waals surface area contributed by atoms with Crippen LogP contribution in [0.2, 0.25) is 0 Å². The van der Waals surface area contributed by atoms with Gasteiger partial charge in [-0.1, -0.05) is 18.2 Å². The van der Waals surface area contributed by atoms with Gasteiger partial charge in [-0.25, -0.2) is 9.18 Å². The molecule has 3 aliphatic rings. The summed E-state index contributed by atoms with van der Waals surface area (Å²) in [5, 5.41) is 3.00. The lowest BCUT2D eigenvalue weighted by Gasteiger charge is -2.40. The number of carbonyl (C=O) groups is 3. The third-order valence-corrected chi connectivity index (χ3v) is 7.34. The maximum absolute atomic E-state index is 13.8. The van der Waals surface area contributed by atoms with E-state index in [-0.39, 0.29) is 42.6 Å². The van der Waals surface area contributed by atoms with Crippen LogP contribution >= 0.6 is 0 Å². The summed E-state index contributed by atoms with van der Waals surface area (Å²) >= 11 is 0. The van der Waals surface area contributed by atoms with E-state index < -0.39 is 11.6 Å². The van der Waals surface area contributed by atoms with Gasteiger partial charge in [0, 0.05) is 31.8 Å². The van der Waals surface area contributed by atoms with Crippen LogP contribution in [-0.4, -0.2) is 65.0 Å². The molecule has 2 aromatic rings. The fourth-order valence-electron chi connectivity index (χ4n) is 5.46. The van der Waals surface area contributed by atoms with Crippen molar-refractivity contribution in [3.05, 3.63) is 65.7 Å². The normalized spacial score (nSPS) is 25.2. The highest BCUT2D eigenvalue weighted by Gasteiger charge is 2.58. The number of hydrogen-bond acceptors (Lipinski definition) is 5. The zero-order valence-electron chi connectivity index (χ0n) is 19.5. The first-order valence-corrected chi connectivity index (χ1v) is 12.2. The second kappa shape index (κ2) is 9.73. The van der Waals surface area contributed by atoms with E-state index in [4.69, 9.17) is 4.74 Å². The molecule has 0 unspecified atom stereocenters.